The van der Waals surface area contributed by atoms with Gasteiger partial charge in [0.1, 0.15) is 4.21 Å². The minimum absolute atomic E-state index is 0.0156. The number of hydrogen-bond acceptors (Lipinski definition) is 4. The zero-order chi connectivity index (χ0) is 19.1. The van der Waals surface area contributed by atoms with Crippen LogP contribution in [-0.2, 0) is 14.8 Å². The SMILES string of the molecule is CCC[C@H]1[C@@H](NS(=O)(=O)c2cccs2)CC[C@@]23CCCN2C(=O)CCC[C@@H]13. The summed E-state index contributed by atoms with van der Waals surface area (Å²) < 4.78 is 29.2. The van der Waals surface area contributed by atoms with Crippen molar-refractivity contribution in [3.05, 3.63) is 17.5 Å². The van der Waals surface area contributed by atoms with Gasteiger partial charge in [0.2, 0.25) is 15.9 Å². The van der Waals surface area contributed by atoms with Crippen LogP contribution in [-0.4, -0.2) is 37.4 Å². The van der Waals surface area contributed by atoms with Gasteiger partial charge < -0.3 is 4.90 Å². The maximum Gasteiger partial charge on any atom is 0.250 e. The molecule has 1 spiro atoms. The summed E-state index contributed by atoms with van der Waals surface area (Å²) >= 11 is 1.27. The zero-order valence-corrected chi connectivity index (χ0v) is 17.7. The maximum atomic E-state index is 12.9. The lowest BCUT2D eigenvalue weighted by Crippen LogP contribution is -2.60. The van der Waals surface area contributed by atoms with Crippen LogP contribution in [0.5, 0.6) is 0 Å². The Bertz CT molecular complexity index is 777. The summed E-state index contributed by atoms with van der Waals surface area (Å²) in [6, 6.07) is 3.43. The van der Waals surface area contributed by atoms with Crippen LogP contribution in [0.25, 0.3) is 0 Å². The van der Waals surface area contributed by atoms with Crippen LogP contribution in [0.1, 0.15) is 64.7 Å². The number of amides is 1. The van der Waals surface area contributed by atoms with Gasteiger partial charge in [0, 0.05) is 24.5 Å². The van der Waals surface area contributed by atoms with Gasteiger partial charge >= 0.3 is 0 Å². The molecule has 1 aromatic rings. The maximum absolute atomic E-state index is 12.9. The highest BCUT2D eigenvalue weighted by Crippen LogP contribution is 2.52. The van der Waals surface area contributed by atoms with Crippen LogP contribution in [0.4, 0.5) is 0 Å². The molecule has 3 fully saturated rings. The summed E-state index contributed by atoms with van der Waals surface area (Å²) in [4.78, 5) is 14.9. The standard InChI is InChI=1S/C20H30N2O3S2/c1-2-6-15-16-7-3-8-18(23)22-13-5-11-20(16,22)12-10-17(15)21-27(24,25)19-9-4-14-26-19/h4,9,14-17,21H,2-3,5-8,10-13H2,1H3/t15-,16+,17+,20-/m1/s1. The predicted molar refractivity (Wildman–Crippen MR) is 107 cm³/mol. The van der Waals surface area contributed by atoms with Gasteiger partial charge in [0.05, 0.1) is 0 Å². The lowest BCUT2D eigenvalue weighted by atomic mass is 9.61. The van der Waals surface area contributed by atoms with E-state index < -0.39 is 10.0 Å². The average molecular weight is 411 g/mol. The molecular formula is C20H30N2O3S2. The van der Waals surface area contributed by atoms with Gasteiger partial charge in [-0.2, -0.15) is 0 Å². The van der Waals surface area contributed by atoms with Crippen LogP contribution in [0.2, 0.25) is 0 Å². The van der Waals surface area contributed by atoms with E-state index in [0.29, 0.717) is 28.4 Å². The van der Waals surface area contributed by atoms with Crippen molar-refractivity contribution in [2.75, 3.05) is 6.54 Å². The smallest absolute Gasteiger partial charge is 0.250 e. The highest BCUT2D eigenvalue weighted by molar-refractivity contribution is 7.91. The second kappa shape index (κ2) is 7.48. The molecule has 4 atom stereocenters. The van der Waals surface area contributed by atoms with E-state index in [2.05, 4.69) is 16.5 Å². The van der Waals surface area contributed by atoms with Crippen molar-refractivity contribution < 1.29 is 13.2 Å². The number of sulfonamides is 1. The molecule has 1 saturated carbocycles. The van der Waals surface area contributed by atoms with Gasteiger partial charge in [-0.1, -0.05) is 19.4 Å². The van der Waals surface area contributed by atoms with Gasteiger partial charge in [-0.3, -0.25) is 4.79 Å². The first-order valence-corrected chi connectivity index (χ1v) is 12.7. The van der Waals surface area contributed by atoms with E-state index in [9.17, 15) is 13.2 Å². The quantitative estimate of drug-likeness (QED) is 0.804. The molecule has 3 aliphatic rings. The molecule has 5 nitrogen and oxygen atoms in total. The van der Waals surface area contributed by atoms with Crippen LogP contribution in [0.15, 0.2) is 21.7 Å². The fourth-order valence-electron chi connectivity index (χ4n) is 6.05. The number of nitrogens with zero attached hydrogens (tertiary/aromatic N) is 1. The molecule has 1 N–H and O–H groups in total. The third-order valence-corrected chi connectivity index (χ3v) is 9.92. The molecule has 0 radical (unpaired) electrons. The normalized spacial score (nSPS) is 34.2. The van der Waals surface area contributed by atoms with Crippen molar-refractivity contribution in [2.24, 2.45) is 11.8 Å². The molecule has 27 heavy (non-hydrogen) atoms. The van der Waals surface area contributed by atoms with E-state index >= 15 is 0 Å². The summed E-state index contributed by atoms with van der Waals surface area (Å²) in [5, 5.41) is 1.81. The van der Waals surface area contributed by atoms with E-state index in [1.54, 1.807) is 17.5 Å². The van der Waals surface area contributed by atoms with Crippen molar-refractivity contribution in [1.82, 2.24) is 9.62 Å². The fraction of sp³-hybridized carbons (Fsp3) is 0.750. The summed E-state index contributed by atoms with van der Waals surface area (Å²) in [7, 11) is -3.46. The molecule has 3 heterocycles. The van der Waals surface area contributed by atoms with E-state index in [-0.39, 0.29) is 11.6 Å². The van der Waals surface area contributed by atoms with E-state index in [4.69, 9.17) is 0 Å². The first-order valence-electron chi connectivity index (χ1n) is 10.3. The summed E-state index contributed by atoms with van der Waals surface area (Å²) in [5.41, 5.74) is -0.0156. The second-order valence-electron chi connectivity index (χ2n) is 8.40. The molecular weight excluding hydrogens is 380 g/mol. The Balaban J connectivity index is 1.63. The Kier molecular flexibility index (Phi) is 5.38. The minimum Gasteiger partial charge on any atom is -0.337 e. The minimum atomic E-state index is -3.46. The van der Waals surface area contributed by atoms with Crippen molar-refractivity contribution in [3.63, 3.8) is 0 Å². The van der Waals surface area contributed by atoms with Crippen molar-refractivity contribution in [2.45, 2.75) is 80.5 Å². The van der Waals surface area contributed by atoms with E-state index in [1.807, 2.05) is 0 Å². The van der Waals surface area contributed by atoms with Gasteiger partial charge in [-0.15, -0.1) is 11.3 Å². The van der Waals surface area contributed by atoms with Crippen LogP contribution >= 0.6 is 11.3 Å². The second-order valence-corrected chi connectivity index (χ2v) is 11.3. The number of hydrogen-bond donors (Lipinski definition) is 1. The Morgan fingerprint density at radius 2 is 2.15 bits per heavy atom. The lowest BCUT2D eigenvalue weighted by molar-refractivity contribution is -0.138. The topological polar surface area (TPSA) is 66.5 Å². The molecule has 150 valence electrons. The fourth-order valence-corrected chi connectivity index (χ4v) is 8.38. The third kappa shape index (κ3) is 3.36. The first-order chi connectivity index (χ1) is 13.0. The van der Waals surface area contributed by atoms with Crippen molar-refractivity contribution in [1.29, 1.82) is 0 Å². The number of carbonyl (C=O) groups excluding carboxylic acids is 1. The molecule has 4 rings (SSSR count). The molecule has 0 unspecified atom stereocenters. The molecule has 0 bridgehead atoms. The van der Waals surface area contributed by atoms with Gasteiger partial charge in [0.25, 0.3) is 0 Å². The van der Waals surface area contributed by atoms with E-state index in [0.717, 1.165) is 57.9 Å². The molecule has 7 heteroatoms. The molecule has 1 aromatic heterocycles. The summed E-state index contributed by atoms with van der Waals surface area (Å²) in [5.74, 6) is 1.05. The largest absolute Gasteiger partial charge is 0.337 e. The lowest BCUT2D eigenvalue weighted by Gasteiger charge is -2.53. The Hall–Kier alpha value is -0.920. The number of thiophene rings is 1. The van der Waals surface area contributed by atoms with Crippen molar-refractivity contribution in [3.8, 4) is 0 Å². The highest BCUT2D eigenvalue weighted by atomic mass is 32.2. The Morgan fingerprint density at radius 1 is 1.30 bits per heavy atom. The highest BCUT2D eigenvalue weighted by Gasteiger charge is 2.56. The molecule has 2 saturated heterocycles. The summed E-state index contributed by atoms with van der Waals surface area (Å²) in [6.45, 7) is 3.07. The number of nitrogens with one attached hydrogen (secondary N) is 1. The molecule has 1 amide bonds. The predicted octanol–water partition coefficient (Wildman–Crippen LogP) is 3.77. The van der Waals surface area contributed by atoms with Crippen LogP contribution in [0.3, 0.4) is 0 Å². The van der Waals surface area contributed by atoms with Crippen molar-refractivity contribution >= 4 is 27.3 Å². The zero-order valence-electron chi connectivity index (χ0n) is 16.0. The monoisotopic (exact) mass is 410 g/mol. The number of rotatable bonds is 5. The van der Waals surface area contributed by atoms with Gasteiger partial charge in [-0.05, 0) is 68.2 Å². The average Bonchev–Trinajstić information content (AvgIpc) is 3.28. The van der Waals surface area contributed by atoms with Gasteiger partial charge in [-0.25, -0.2) is 13.1 Å². The Labute approximate surface area is 166 Å². The first kappa shape index (κ1) is 19.4. The van der Waals surface area contributed by atoms with Crippen LogP contribution in [0, 0.1) is 11.8 Å². The molecule has 0 aromatic carbocycles. The van der Waals surface area contributed by atoms with E-state index in [1.165, 1.54) is 11.3 Å². The molecule has 2 aliphatic heterocycles. The van der Waals surface area contributed by atoms with Gasteiger partial charge in [0.15, 0.2) is 0 Å². The van der Waals surface area contributed by atoms with Crippen LogP contribution < -0.4 is 4.72 Å². The third-order valence-electron chi connectivity index (χ3n) is 7.04. The summed E-state index contributed by atoms with van der Waals surface area (Å²) in [6.07, 6.45) is 8.64. The Morgan fingerprint density at radius 3 is 2.89 bits per heavy atom. The molecule has 1 aliphatic carbocycles. The number of carbonyl (C=O) groups is 1.